The van der Waals surface area contributed by atoms with Crippen LogP contribution in [0.5, 0.6) is 5.75 Å². The van der Waals surface area contributed by atoms with Gasteiger partial charge in [-0.05, 0) is 37.4 Å². The number of methoxy groups -OCH3 is 1. The Labute approximate surface area is 128 Å². The lowest BCUT2D eigenvalue weighted by molar-refractivity contribution is -0.119. The van der Waals surface area contributed by atoms with Crippen LogP contribution in [0.15, 0.2) is 29.2 Å². The molecule has 4 nitrogen and oxygen atoms in total. The highest BCUT2D eigenvalue weighted by Crippen LogP contribution is 2.21. The van der Waals surface area contributed by atoms with E-state index >= 15 is 0 Å². The number of rotatable bonds is 8. The molecule has 0 saturated carbocycles. The molecule has 6 heteroatoms. The summed E-state index contributed by atoms with van der Waals surface area (Å²) in [6.45, 7) is 1.97. The van der Waals surface area contributed by atoms with Crippen LogP contribution in [-0.4, -0.2) is 48.0 Å². The maximum Gasteiger partial charge on any atom is 0.230 e. The summed E-state index contributed by atoms with van der Waals surface area (Å²) < 4.78 is 5.08. The molecular weight excluding hydrogens is 294 g/mol. The van der Waals surface area contributed by atoms with Crippen LogP contribution in [0.3, 0.4) is 0 Å². The van der Waals surface area contributed by atoms with Crippen LogP contribution in [0.2, 0.25) is 0 Å². The number of ether oxygens (including phenoxy) is 1. The number of thioether (sulfide) groups is 2. The summed E-state index contributed by atoms with van der Waals surface area (Å²) in [5.41, 5.74) is 0. The van der Waals surface area contributed by atoms with Gasteiger partial charge in [0.1, 0.15) is 5.75 Å². The lowest BCUT2D eigenvalue weighted by Gasteiger charge is -2.21. The molecule has 1 rings (SSSR count). The Morgan fingerprint density at radius 1 is 1.40 bits per heavy atom. The van der Waals surface area contributed by atoms with Gasteiger partial charge in [-0.15, -0.1) is 11.8 Å². The van der Waals surface area contributed by atoms with E-state index in [1.165, 1.54) is 11.8 Å². The van der Waals surface area contributed by atoms with Gasteiger partial charge in [0.2, 0.25) is 5.91 Å². The highest BCUT2D eigenvalue weighted by Gasteiger charge is 2.17. The molecule has 1 aromatic rings. The number of carbonyl (C=O) groups excluding carboxylic acids is 1. The Balaban J connectivity index is 2.38. The maximum atomic E-state index is 11.8. The first-order valence-corrected chi connectivity index (χ1v) is 8.58. The van der Waals surface area contributed by atoms with Crippen molar-refractivity contribution in [3.63, 3.8) is 0 Å². The molecule has 1 aromatic carbocycles. The van der Waals surface area contributed by atoms with E-state index in [1.54, 1.807) is 18.9 Å². The lowest BCUT2D eigenvalue weighted by Crippen LogP contribution is -2.42. The van der Waals surface area contributed by atoms with Crippen molar-refractivity contribution in [3.05, 3.63) is 24.3 Å². The number of aliphatic hydroxyl groups is 1. The zero-order chi connectivity index (χ0) is 15.0. The molecule has 0 aliphatic heterocycles. The predicted octanol–water partition coefficient (Wildman–Crippen LogP) is 2.02. The average molecular weight is 315 g/mol. The predicted molar refractivity (Wildman–Crippen MR) is 85.7 cm³/mol. The second-order valence-corrected chi connectivity index (χ2v) is 6.40. The third-order valence-corrected chi connectivity index (χ3v) is 5.03. The fourth-order valence-electron chi connectivity index (χ4n) is 1.65. The SMILES string of the molecule is COc1ccc(SCC(=O)NC(C)C(CO)SC)cc1. The molecule has 2 atom stereocenters. The Hall–Kier alpha value is -0.850. The van der Waals surface area contributed by atoms with Crippen molar-refractivity contribution in [3.8, 4) is 5.75 Å². The Bertz CT molecular complexity index is 407. The number of benzene rings is 1. The summed E-state index contributed by atoms with van der Waals surface area (Å²) in [6, 6.07) is 7.56. The number of amides is 1. The third-order valence-electron chi connectivity index (χ3n) is 2.86. The molecule has 0 spiro atoms. The van der Waals surface area contributed by atoms with Crippen molar-refractivity contribution >= 4 is 29.4 Å². The summed E-state index contributed by atoms with van der Waals surface area (Å²) in [4.78, 5) is 12.9. The number of hydrogen-bond donors (Lipinski definition) is 2. The Morgan fingerprint density at radius 3 is 2.55 bits per heavy atom. The molecule has 0 aliphatic rings. The van der Waals surface area contributed by atoms with Gasteiger partial charge in [0.05, 0.1) is 19.5 Å². The van der Waals surface area contributed by atoms with E-state index < -0.39 is 0 Å². The first kappa shape index (κ1) is 17.2. The summed E-state index contributed by atoms with van der Waals surface area (Å²) in [7, 11) is 1.63. The molecule has 0 heterocycles. The topological polar surface area (TPSA) is 58.6 Å². The van der Waals surface area contributed by atoms with Crippen LogP contribution in [0.25, 0.3) is 0 Å². The van der Waals surface area contributed by atoms with Crippen LogP contribution in [0, 0.1) is 0 Å². The van der Waals surface area contributed by atoms with Gasteiger partial charge in [0, 0.05) is 16.2 Å². The largest absolute Gasteiger partial charge is 0.497 e. The molecule has 0 fully saturated rings. The molecule has 2 unspecified atom stereocenters. The monoisotopic (exact) mass is 315 g/mol. The number of carbonyl (C=O) groups is 1. The zero-order valence-corrected chi connectivity index (χ0v) is 13.6. The van der Waals surface area contributed by atoms with Gasteiger partial charge < -0.3 is 15.2 Å². The van der Waals surface area contributed by atoms with Crippen molar-refractivity contribution in [2.75, 3.05) is 25.7 Å². The van der Waals surface area contributed by atoms with E-state index in [9.17, 15) is 9.90 Å². The number of hydrogen-bond acceptors (Lipinski definition) is 5. The fourth-order valence-corrected chi connectivity index (χ4v) is 2.98. The summed E-state index contributed by atoms with van der Waals surface area (Å²) in [5, 5.41) is 12.1. The van der Waals surface area contributed by atoms with Gasteiger partial charge in [0.15, 0.2) is 0 Å². The first-order chi connectivity index (χ1) is 9.60. The minimum Gasteiger partial charge on any atom is -0.497 e. The Kier molecular flexibility index (Phi) is 7.87. The number of aliphatic hydroxyl groups excluding tert-OH is 1. The second-order valence-electron chi connectivity index (χ2n) is 4.28. The normalized spacial score (nSPS) is 13.6. The molecule has 0 aromatic heterocycles. The van der Waals surface area contributed by atoms with E-state index in [1.807, 2.05) is 37.4 Å². The molecular formula is C14H21NO3S2. The molecule has 112 valence electrons. The van der Waals surface area contributed by atoms with Crippen molar-refractivity contribution < 1.29 is 14.6 Å². The van der Waals surface area contributed by atoms with Gasteiger partial charge >= 0.3 is 0 Å². The van der Waals surface area contributed by atoms with Crippen LogP contribution in [0.1, 0.15) is 6.92 Å². The van der Waals surface area contributed by atoms with Crippen molar-refractivity contribution in [1.82, 2.24) is 5.32 Å². The highest BCUT2D eigenvalue weighted by atomic mass is 32.2. The van der Waals surface area contributed by atoms with Gasteiger partial charge in [-0.25, -0.2) is 0 Å². The van der Waals surface area contributed by atoms with E-state index in [0.717, 1.165) is 10.6 Å². The molecule has 0 saturated heterocycles. The minimum atomic E-state index is -0.0426. The molecule has 0 bridgehead atoms. The maximum absolute atomic E-state index is 11.8. The lowest BCUT2D eigenvalue weighted by atomic mass is 10.2. The highest BCUT2D eigenvalue weighted by molar-refractivity contribution is 8.00. The van der Waals surface area contributed by atoms with E-state index in [4.69, 9.17) is 4.74 Å². The van der Waals surface area contributed by atoms with Crippen molar-refractivity contribution in [2.45, 2.75) is 23.1 Å². The quantitative estimate of drug-likeness (QED) is 0.719. The van der Waals surface area contributed by atoms with Gasteiger partial charge in [-0.2, -0.15) is 11.8 Å². The van der Waals surface area contributed by atoms with Gasteiger partial charge in [0.25, 0.3) is 0 Å². The number of nitrogens with one attached hydrogen (secondary N) is 1. The fraction of sp³-hybridized carbons (Fsp3) is 0.500. The molecule has 0 radical (unpaired) electrons. The Morgan fingerprint density at radius 2 is 2.05 bits per heavy atom. The smallest absolute Gasteiger partial charge is 0.230 e. The van der Waals surface area contributed by atoms with E-state index in [2.05, 4.69) is 5.32 Å². The summed E-state index contributed by atoms with van der Waals surface area (Å²) >= 11 is 3.03. The van der Waals surface area contributed by atoms with Crippen molar-refractivity contribution in [2.24, 2.45) is 0 Å². The summed E-state index contributed by atoms with van der Waals surface area (Å²) in [6.07, 6.45) is 1.93. The molecule has 2 N–H and O–H groups in total. The standard InChI is InChI=1S/C14H21NO3S2/c1-10(13(8-16)19-3)15-14(17)9-20-12-6-4-11(18-2)5-7-12/h4-7,10,13,16H,8-9H2,1-3H3,(H,15,17). The van der Waals surface area contributed by atoms with E-state index in [0.29, 0.717) is 5.75 Å². The molecule has 1 amide bonds. The van der Waals surface area contributed by atoms with Crippen LogP contribution >= 0.6 is 23.5 Å². The van der Waals surface area contributed by atoms with E-state index in [-0.39, 0.29) is 23.8 Å². The third kappa shape index (κ3) is 5.64. The minimum absolute atomic E-state index is 0.0224. The van der Waals surface area contributed by atoms with Gasteiger partial charge in [-0.3, -0.25) is 4.79 Å². The van der Waals surface area contributed by atoms with Crippen molar-refractivity contribution in [1.29, 1.82) is 0 Å². The van der Waals surface area contributed by atoms with Crippen LogP contribution in [0.4, 0.5) is 0 Å². The first-order valence-electron chi connectivity index (χ1n) is 6.30. The summed E-state index contributed by atoms with van der Waals surface area (Å²) in [5.74, 6) is 1.15. The molecule has 0 aliphatic carbocycles. The average Bonchev–Trinajstić information content (AvgIpc) is 2.47. The van der Waals surface area contributed by atoms with Gasteiger partial charge in [-0.1, -0.05) is 0 Å². The zero-order valence-electron chi connectivity index (χ0n) is 12.0. The molecule has 20 heavy (non-hydrogen) atoms. The second kappa shape index (κ2) is 9.15. The van der Waals surface area contributed by atoms with Crippen LogP contribution in [-0.2, 0) is 4.79 Å². The van der Waals surface area contributed by atoms with Crippen LogP contribution < -0.4 is 10.1 Å².